The summed E-state index contributed by atoms with van der Waals surface area (Å²) < 4.78 is 0. The molecule has 1 aromatic carbocycles. The van der Waals surface area contributed by atoms with E-state index in [4.69, 9.17) is 5.73 Å². The average molecular weight is 432 g/mol. The lowest BCUT2D eigenvalue weighted by Gasteiger charge is -2.10. The molecule has 3 N–H and O–H groups in total. The summed E-state index contributed by atoms with van der Waals surface area (Å²) in [7, 11) is 0. The number of aryl methyl sites for hydroxylation is 1. The Morgan fingerprint density at radius 1 is 1.03 bits per heavy atom. The van der Waals surface area contributed by atoms with Gasteiger partial charge in [0.1, 0.15) is 10.6 Å². The maximum Gasteiger partial charge on any atom is 0.279 e. The predicted octanol–water partition coefficient (Wildman–Crippen LogP) is 3.88. The van der Waals surface area contributed by atoms with E-state index < -0.39 is 33.0 Å². The highest BCUT2D eigenvalue weighted by molar-refractivity contribution is 7.17. The Labute approximate surface area is 175 Å². The first kappa shape index (κ1) is 21.4. The number of nitro benzene ring substituents is 2. The van der Waals surface area contributed by atoms with Gasteiger partial charge in [0.2, 0.25) is 0 Å². The number of carbonyl (C=O) groups excluding carboxylic acids is 2. The number of nitrogens with zero attached hydrogens (tertiary/aromatic N) is 2. The number of thiophene rings is 1. The second-order valence-electron chi connectivity index (χ2n) is 7.09. The van der Waals surface area contributed by atoms with Gasteiger partial charge in [0.05, 0.1) is 21.0 Å². The molecular weight excluding hydrogens is 412 g/mol. The van der Waals surface area contributed by atoms with E-state index in [0.717, 1.165) is 54.7 Å². The molecule has 0 spiro atoms. The number of carbonyl (C=O) groups is 2. The second-order valence-corrected chi connectivity index (χ2v) is 8.20. The van der Waals surface area contributed by atoms with Gasteiger partial charge in [-0.3, -0.25) is 29.8 Å². The molecule has 0 saturated heterocycles. The largest absolute Gasteiger partial charge is 0.365 e. The normalized spacial score (nSPS) is 13.6. The van der Waals surface area contributed by atoms with Crippen LogP contribution < -0.4 is 11.1 Å². The van der Waals surface area contributed by atoms with Crippen LogP contribution in [0.5, 0.6) is 0 Å². The van der Waals surface area contributed by atoms with Crippen LogP contribution in [0, 0.1) is 27.2 Å². The molecule has 0 bridgehead atoms. The van der Waals surface area contributed by atoms with Gasteiger partial charge in [0.25, 0.3) is 23.2 Å². The molecule has 0 fully saturated rings. The summed E-state index contributed by atoms with van der Waals surface area (Å²) in [4.78, 5) is 46.9. The quantitative estimate of drug-likeness (QED) is 0.539. The molecule has 158 valence electrons. The maximum absolute atomic E-state index is 12.8. The first-order valence-electron chi connectivity index (χ1n) is 9.39. The molecule has 10 nitrogen and oxygen atoms in total. The van der Waals surface area contributed by atoms with Crippen LogP contribution in [0.1, 0.15) is 62.4 Å². The van der Waals surface area contributed by atoms with Crippen LogP contribution in [0.25, 0.3) is 0 Å². The molecule has 0 atom stereocenters. The Hall–Kier alpha value is -3.34. The van der Waals surface area contributed by atoms with Crippen LogP contribution in [0.4, 0.5) is 16.4 Å². The van der Waals surface area contributed by atoms with E-state index in [-0.39, 0.29) is 21.7 Å². The minimum Gasteiger partial charge on any atom is -0.365 e. The summed E-state index contributed by atoms with van der Waals surface area (Å²) in [5, 5.41) is 25.4. The molecule has 11 heteroatoms. The molecule has 3 rings (SSSR count). The van der Waals surface area contributed by atoms with Crippen molar-refractivity contribution >= 4 is 39.5 Å². The van der Waals surface area contributed by atoms with E-state index in [2.05, 4.69) is 5.32 Å². The zero-order chi connectivity index (χ0) is 22.0. The van der Waals surface area contributed by atoms with Crippen molar-refractivity contribution in [2.75, 3.05) is 5.32 Å². The number of hydrogen-bond acceptors (Lipinski definition) is 7. The van der Waals surface area contributed by atoms with Gasteiger partial charge < -0.3 is 11.1 Å². The maximum atomic E-state index is 12.8. The number of rotatable bonds is 5. The molecular formula is C19H20N4O6S. The summed E-state index contributed by atoms with van der Waals surface area (Å²) in [5.74, 6) is -1.44. The summed E-state index contributed by atoms with van der Waals surface area (Å²) in [6.07, 6.45) is 5.47. The number of nitro groups is 2. The van der Waals surface area contributed by atoms with Gasteiger partial charge in [-0.15, -0.1) is 11.3 Å². The van der Waals surface area contributed by atoms with Gasteiger partial charge in [-0.05, 0) is 38.2 Å². The number of nitrogens with one attached hydrogen (secondary N) is 1. The Kier molecular flexibility index (Phi) is 6.11. The standard InChI is InChI=1S/C19H20N4O6S/c1-10-13(22(26)27)8-11(9-14(10)23(28)29)18(25)21-19-16(17(20)24)12-6-4-2-3-5-7-15(12)30-19/h8-9H,2-7H2,1H3,(H2,20,24)(H,21,25). The monoisotopic (exact) mass is 432 g/mol. The van der Waals surface area contributed by atoms with E-state index in [1.54, 1.807) is 0 Å². The van der Waals surface area contributed by atoms with Crippen molar-refractivity contribution in [3.05, 3.63) is 59.5 Å². The number of benzene rings is 1. The van der Waals surface area contributed by atoms with Crippen molar-refractivity contribution in [3.8, 4) is 0 Å². The van der Waals surface area contributed by atoms with Crippen LogP contribution in [0.15, 0.2) is 12.1 Å². The van der Waals surface area contributed by atoms with E-state index >= 15 is 0 Å². The molecule has 1 aliphatic rings. The third-order valence-corrected chi connectivity index (χ3v) is 6.36. The average Bonchev–Trinajstić information content (AvgIpc) is 2.97. The van der Waals surface area contributed by atoms with Gasteiger partial charge in [0, 0.05) is 17.0 Å². The molecule has 30 heavy (non-hydrogen) atoms. The van der Waals surface area contributed by atoms with Crippen LogP contribution in [0.2, 0.25) is 0 Å². The second kappa shape index (κ2) is 8.57. The molecule has 1 heterocycles. The summed E-state index contributed by atoms with van der Waals surface area (Å²) in [5.41, 5.74) is 5.23. The topological polar surface area (TPSA) is 158 Å². The van der Waals surface area contributed by atoms with Gasteiger partial charge in [-0.1, -0.05) is 12.8 Å². The van der Waals surface area contributed by atoms with Crippen molar-refractivity contribution in [1.29, 1.82) is 0 Å². The fourth-order valence-corrected chi connectivity index (χ4v) is 4.93. The predicted molar refractivity (Wildman–Crippen MR) is 111 cm³/mol. The first-order valence-corrected chi connectivity index (χ1v) is 10.2. The minimum absolute atomic E-state index is 0.140. The molecule has 2 aromatic rings. The summed E-state index contributed by atoms with van der Waals surface area (Å²) in [6, 6.07) is 1.98. The van der Waals surface area contributed by atoms with Crippen LogP contribution in [-0.4, -0.2) is 21.7 Å². The van der Waals surface area contributed by atoms with Crippen molar-refractivity contribution in [1.82, 2.24) is 0 Å². The van der Waals surface area contributed by atoms with E-state index in [0.29, 0.717) is 6.42 Å². The Bertz CT molecular complexity index is 1030. The molecule has 1 aromatic heterocycles. The number of anilines is 1. The lowest BCUT2D eigenvalue weighted by molar-refractivity contribution is -0.395. The lowest BCUT2D eigenvalue weighted by atomic mass is 9.96. The van der Waals surface area contributed by atoms with Crippen molar-refractivity contribution in [3.63, 3.8) is 0 Å². The lowest BCUT2D eigenvalue weighted by Crippen LogP contribution is -2.18. The smallest absolute Gasteiger partial charge is 0.279 e. The minimum atomic E-state index is -0.780. The number of amides is 2. The fourth-order valence-electron chi connectivity index (χ4n) is 3.64. The first-order chi connectivity index (χ1) is 14.2. The third kappa shape index (κ3) is 4.15. The molecule has 0 saturated carbocycles. The number of nitrogens with two attached hydrogens (primary N) is 1. The number of fused-ring (bicyclic) bond motifs is 1. The highest BCUT2D eigenvalue weighted by Crippen LogP contribution is 2.37. The summed E-state index contributed by atoms with van der Waals surface area (Å²) in [6.45, 7) is 1.25. The van der Waals surface area contributed by atoms with Gasteiger partial charge in [-0.2, -0.15) is 0 Å². The van der Waals surface area contributed by atoms with E-state index in [1.807, 2.05) is 0 Å². The highest BCUT2D eigenvalue weighted by atomic mass is 32.1. The van der Waals surface area contributed by atoms with E-state index in [9.17, 15) is 29.8 Å². The van der Waals surface area contributed by atoms with Crippen molar-refractivity contribution < 1.29 is 19.4 Å². The van der Waals surface area contributed by atoms with Gasteiger partial charge in [-0.25, -0.2) is 0 Å². The summed E-state index contributed by atoms with van der Waals surface area (Å²) >= 11 is 1.26. The zero-order valence-corrected chi connectivity index (χ0v) is 17.0. The van der Waals surface area contributed by atoms with Crippen LogP contribution >= 0.6 is 11.3 Å². The molecule has 0 unspecified atom stereocenters. The third-order valence-electron chi connectivity index (χ3n) is 5.15. The molecule has 2 amide bonds. The molecule has 0 radical (unpaired) electrons. The SMILES string of the molecule is Cc1c([N+](=O)[O-])cc(C(=O)Nc2sc3c(c2C(N)=O)CCCCCC3)cc1[N+](=O)[O-]. The van der Waals surface area contributed by atoms with Crippen LogP contribution in [-0.2, 0) is 12.8 Å². The van der Waals surface area contributed by atoms with Gasteiger partial charge >= 0.3 is 0 Å². The van der Waals surface area contributed by atoms with Gasteiger partial charge in [0.15, 0.2) is 0 Å². The Morgan fingerprint density at radius 2 is 1.60 bits per heavy atom. The Morgan fingerprint density at radius 3 is 2.13 bits per heavy atom. The Balaban J connectivity index is 2.02. The fraction of sp³-hybridized carbons (Fsp3) is 0.368. The van der Waals surface area contributed by atoms with Crippen molar-refractivity contribution in [2.24, 2.45) is 5.73 Å². The van der Waals surface area contributed by atoms with E-state index in [1.165, 1.54) is 18.3 Å². The van der Waals surface area contributed by atoms with Crippen LogP contribution in [0.3, 0.4) is 0 Å². The number of primary amides is 1. The van der Waals surface area contributed by atoms with Crippen molar-refractivity contribution in [2.45, 2.75) is 45.4 Å². The number of hydrogen-bond donors (Lipinski definition) is 2. The molecule has 1 aliphatic carbocycles. The highest BCUT2D eigenvalue weighted by Gasteiger charge is 2.28. The molecule has 0 aliphatic heterocycles. The zero-order valence-electron chi connectivity index (χ0n) is 16.2.